The smallest absolute Gasteiger partial charge is 0.338 e. The summed E-state index contributed by atoms with van der Waals surface area (Å²) in [7, 11) is 1.56. The molecule has 1 unspecified atom stereocenters. The van der Waals surface area contributed by atoms with Crippen molar-refractivity contribution in [2.45, 2.75) is 46.1 Å². The normalized spacial score (nSPS) is 16.4. The molecule has 1 aliphatic rings. The third-order valence-corrected chi connectivity index (χ3v) is 4.14. The first-order valence-electron chi connectivity index (χ1n) is 9.34. The number of rotatable bonds is 9. The number of esters is 1. The number of benzene rings is 1. The fourth-order valence-electron chi connectivity index (χ4n) is 3.03. The Morgan fingerprint density at radius 3 is 2.59 bits per heavy atom. The summed E-state index contributed by atoms with van der Waals surface area (Å²) in [4.78, 5) is 25.0. The number of methoxy groups -OCH3 is 1. The number of nitrogens with one attached hydrogen (secondary N) is 2. The maximum Gasteiger partial charge on any atom is 0.338 e. The fraction of sp³-hybridized carbons (Fsp3) is 0.500. The highest BCUT2D eigenvalue weighted by molar-refractivity contribution is 5.95. The molecule has 0 bridgehead atoms. The molecule has 1 atom stereocenters. The predicted molar refractivity (Wildman–Crippen MR) is 102 cm³/mol. The molecule has 0 radical (unpaired) electrons. The number of hydrogen-bond acceptors (Lipinski definition) is 5. The minimum Gasteiger partial charge on any atom is -0.493 e. The molecule has 0 aliphatic carbocycles. The van der Waals surface area contributed by atoms with Gasteiger partial charge in [-0.2, -0.15) is 0 Å². The third kappa shape index (κ3) is 4.72. The van der Waals surface area contributed by atoms with Gasteiger partial charge in [-0.15, -0.1) is 0 Å². The van der Waals surface area contributed by atoms with E-state index in [2.05, 4.69) is 10.6 Å². The Morgan fingerprint density at radius 2 is 1.96 bits per heavy atom. The lowest BCUT2D eigenvalue weighted by Crippen LogP contribution is -2.46. The zero-order chi connectivity index (χ0) is 19.8. The Morgan fingerprint density at radius 1 is 1.19 bits per heavy atom. The summed E-state index contributed by atoms with van der Waals surface area (Å²) >= 11 is 0. The Balaban J connectivity index is 2.60. The van der Waals surface area contributed by atoms with Crippen LogP contribution in [0.25, 0.3) is 0 Å². The van der Waals surface area contributed by atoms with Crippen LogP contribution in [0.3, 0.4) is 0 Å². The van der Waals surface area contributed by atoms with Crippen molar-refractivity contribution < 1.29 is 23.8 Å². The van der Waals surface area contributed by atoms with Gasteiger partial charge in [0.2, 0.25) is 0 Å². The zero-order valence-corrected chi connectivity index (χ0v) is 16.4. The largest absolute Gasteiger partial charge is 0.493 e. The zero-order valence-electron chi connectivity index (χ0n) is 16.4. The molecule has 0 saturated heterocycles. The van der Waals surface area contributed by atoms with Crippen LogP contribution in [0, 0.1) is 0 Å². The van der Waals surface area contributed by atoms with Crippen LogP contribution in [0.4, 0.5) is 4.79 Å². The van der Waals surface area contributed by atoms with Crippen molar-refractivity contribution in [2.24, 2.45) is 0 Å². The van der Waals surface area contributed by atoms with E-state index in [1.165, 1.54) is 0 Å². The molecule has 1 heterocycles. The second-order valence-corrected chi connectivity index (χ2v) is 6.12. The van der Waals surface area contributed by atoms with Crippen molar-refractivity contribution in [1.29, 1.82) is 0 Å². The average molecular weight is 376 g/mol. The van der Waals surface area contributed by atoms with Crippen molar-refractivity contribution >= 4 is 12.0 Å². The van der Waals surface area contributed by atoms with Crippen LogP contribution in [-0.2, 0) is 9.53 Å². The van der Waals surface area contributed by atoms with E-state index in [4.69, 9.17) is 14.2 Å². The van der Waals surface area contributed by atoms with Gasteiger partial charge in [0, 0.05) is 11.3 Å². The van der Waals surface area contributed by atoms with Crippen LogP contribution in [0.5, 0.6) is 11.5 Å². The summed E-state index contributed by atoms with van der Waals surface area (Å²) in [6.45, 7) is 6.49. The van der Waals surface area contributed by atoms with Crippen LogP contribution < -0.4 is 20.1 Å². The van der Waals surface area contributed by atoms with E-state index >= 15 is 0 Å². The van der Waals surface area contributed by atoms with E-state index in [1.807, 2.05) is 26.0 Å². The molecule has 0 fully saturated rings. The van der Waals surface area contributed by atoms with E-state index in [9.17, 15) is 9.59 Å². The summed E-state index contributed by atoms with van der Waals surface area (Å²) in [6, 6.07) is 4.38. The lowest BCUT2D eigenvalue weighted by Gasteiger charge is -2.30. The molecule has 2 rings (SSSR count). The van der Waals surface area contributed by atoms with Crippen LogP contribution >= 0.6 is 0 Å². The van der Waals surface area contributed by atoms with Crippen molar-refractivity contribution in [3.05, 3.63) is 35.0 Å². The van der Waals surface area contributed by atoms with Gasteiger partial charge < -0.3 is 24.8 Å². The van der Waals surface area contributed by atoms with Crippen LogP contribution in [0.2, 0.25) is 0 Å². The molecule has 148 valence electrons. The molecule has 27 heavy (non-hydrogen) atoms. The van der Waals surface area contributed by atoms with Crippen LogP contribution in [0.1, 0.15) is 51.6 Å². The first-order chi connectivity index (χ1) is 13.1. The Hall–Kier alpha value is -2.70. The Bertz CT molecular complexity index is 714. The Kier molecular flexibility index (Phi) is 7.52. The molecule has 7 nitrogen and oxygen atoms in total. The number of carbonyl (C=O) groups excluding carboxylic acids is 2. The molecule has 1 aromatic carbocycles. The van der Waals surface area contributed by atoms with E-state index < -0.39 is 12.0 Å². The van der Waals surface area contributed by atoms with Crippen LogP contribution in [0.15, 0.2) is 29.5 Å². The quantitative estimate of drug-likeness (QED) is 0.645. The van der Waals surface area contributed by atoms with E-state index in [-0.39, 0.29) is 12.6 Å². The first-order valence-corrected chi connectivity index (χ1v) is 9.34. The molecule has 1 aliphatic heterocycles. The van der Waals surface area contributed by atoms with Gasteiger partial charge in [-0.25, -0.2) is 9.59 Å². The molecule has 7 heteroatoms. The fourth-order valence-corrected chi connectivity index (χ4v) is 3.03. The highest BCUT2D eigenvalue weighted by atomic mass is 16.5. The molecule has 2 amide bonds. The molecular formula is C20H28N2O5. The van der Waals surface area contributed by atoms with Gasteiger partial charge >= 0.3 is 12.0 Å². The number of carbonyl (C=O) groups is 2. The van der Waals surface area contributed by atoms with E-state index in [0.29, 0.717) is 41.4 Å². The highest BCUT2D eigenvalue weighted by Crippen LogP contribution is 2.39. The van der Waals surface area contributed by atoms with Crippen molar-refractivity contribution in [1.82, 2.24) is 10.6 Å². The number of para-hydroxylation sites is 1. The molecular weight excluding hydrogens is 348 g/mol. The number of hydrogen-bond donors (Lipinski definition) is 2. The predicted octanol–water partition coefficient (Wildman–Crippen LogP) is 3.46. The second kappa shape index (κ2) is 9.85. The molecule has 0 spiro atoms. The number of amides is 2. The lowest BCUT2D eigenvalue weighted by molar-refractivity contribution is -0.139. The Labute approximate surface area is 160 Å². The van der Waals surface area contributed by atoms with Gasteiger partial charge in [0.05, 0.1) is 31.9 Å². The monoisotopic (exact) mass is 376 g/mol. The molecule has 0 saturated carbocycles. The van der Waals surface area contributed by atoms with Gasteiger partial charge in [-0.3, -0.25) is 0 Å². The van der Waals surface area contributed by atoms with Gasteiger partial charge in [0.15, 0.2) is 11.5 Å². The molecule has 1 aromatic rings. The minimum absolute atomic E-state index is 0.250. The van der Waals surface area contributed by atoms with Crippen LogP contribution in [-0.4, -0.2) is 32.3 Å². The van der Waals surface area contributed by atoms with Gasteiger partial charge in [0.25, 0.3) is 0 Å². The van der Waals surface area contributed by atoms with Crippen molar-refractivity contribution in [3.8, 4) is 11.5 Å². The van der Waals surface area contributed by atoms with Crippen molar-refractivity contribution in [2.75, 3.05) is 20.3 Å². The topological polar surface area (TPSA) is 85.9 Å². The summed E-state index contributed by atoms with van der Waals surface area (Å²) in [5, 5.41) is 5.59. The maximum atomic E-state index is 12.7. The van der Waals surface area contributed by atoms with Crippen molar-refractivity contribution in [3.63, 3.8) is 0 Å². The number of allylic oxidation sites excluding steroid dienone is 1. The lowest BCUT2D eigenvalue weighted by atomic mass is 9.93. The first kappa shape index (κ1) is 20.6. The highest BCUT2D eigenvalue weighted by Gasteiger charge is 2.35. The summed E-state index contributed by atoms with van der Waals surface area (Å²) in [5.74, 6) is 0.614. The maximum absolute atomic E-state index is 12.7. The summed E-state index contributed by atoms with van der Waals surface area (Å²) in [6.07, 6.45) is 2.16. The van der Waals surface area contributed by atoms with Gasteiger partial charge in [-0.05, 0) is 25.8 Å². The summed E-state index contributed by atoms with van der Waals surface area (Å²) in [5.41, 5.74) is 1.64. The summed E-state index contributed by atoms with van der Waals surface area (Å²) < 4.78 is 16.6. The van der Waals surface area contributed by atoms with Gasteiger partial charge in [0.1, 0.15) is 0 Å². The SMILES string of the molecule is CCCOc1c(OC)cccc1C1NC(=O)NC(CCC)=C1C(=O)OCC. The van der Waals surface area contributed by atoms with Gasteiger partial charge in [-0.1, -0.05) is 32.4 Å². The molecule has 0 aromatic heterocycles. The third-order valence-electron chi connectivity index (χ3n) is 4.14. The second-order valence-electron chi connectivity index (χ2n) is 6.12. The van der Waals surface area contributed by atoms with E-state index in [0.717, 1.165) is 12.8 Å². The standard InChI is InChI=1S/C20H28N2O5/c1-5-9-14-16(19(23)26-7-3)17(22-20(24)21-14)13-10-8-11-15(25-4)18(13)27-12-6-2/h8,10-11,17H,5-7,9,12H2,1-4H3,(H2,21,22,24). The number of ether oxygens (including phenoxy) is 3. The van der Waals surface area contributed by atoms with E-state index in [1.54, 1.807) is 20.1 Å². The molecule has 2 N–H and O–H groups in total. The minimum atomic E-state index is -0.679. The average Bonchev–Trinajstić information content (AvgIpc) is 2.66. The number of urea groups is 1.